The van der Waals surface area contributed by atoms with Crippen LogP contribution in [0.1, 0.15) is 5.56 Å². The third kappa shape index (κ3) is 3.02. The van der Waals surface area contributed by atoms with Crippen LogP contribution in [-0.2, 0) is 6.54 Å². The first-order valence-electron chi connectivity index (χ1n) is 8.48. The minimum atomic E-state index is 0.618. The Morgan fingerprint density at radius 3 is 2.68 bits per heavy atom. The van der Waals surface area contributed by atoms with Crippen molar-refractivity contribution in [3.8, 4) is 5.75 Å². The van der Waals surface area contributed by atoms with Crippen LogP contribution >= 0.6 is 0 Å². The Hall–Kier alpha value is -2.67. The summed E-state index contributed by atoms with van der Waals surface area (Å²) in [5, 5.41) is 5.56. The van der Waals surface area contributed by atoms with Crippen LogP contribution in [0.15, 0.2) is 36.8 Å². The van der Waals surface area contributed by atoms with Crippen LogP contribution in [0.3, 0.4) is 0 Å². The molecule has 25 heavy (non-hydrogen) atoms. The van der Waals surface area contributed by atoms with E-state index in [1.807, 2.05) is 29.1 Å². The number of piperazine rings is 1. The van der Waals surface area contributed by atoms with E-state index in [4.69, 9.17) is 4.74 Å². The third-order valence-electron chi connectivity index (χ3n) is 4.73. The zero-order chi connectivity index (χ0) is 17.2. The fraction of sp³-hybridized carbons (Fsp3) is 0.389. The first-order chi connectivity index (χ1) is 12.3. The van der Waals surface area contributed by atoms with Crippen molar-refractivity contribution in [2.24, 2.45) is 0 Å². The quantitative estimate of drug-likeness (QED) is 0.721. The lowest BCUT2D eigenvalue weighted by molar-refractivity contribution is 0.312. The minimum absolute atomic E-state index is 0.618. The molecule has 0 N–H and O–H groups in total. The number of hydrogen-bond donors (Lipinski definition) is 0. The molecule has 4 rings (SSSR count). The van der Waals surface area contributed by atoms with E-state index in [9.17, 15) is 0 Å². The van der Waals surface area contributed by atoms with Crippen LogP contribution in [0.4, 0.5) is 5.82 Å². The Labute approximate surface area is 146 Å². The summed E-state index contributed by atoms with van der Waals surface area (Å²) in [4.78, 5) is 13.7. The summed E-state index contributed by atoms with van der Waals surface area (Å²) >= 11 is 0. The van der Waals surface area contributed by atoms with E-state index in [0.29, 0.717) is 6.54 Å². The zero-order valence-corrected chi connectivity index (χ0v) is 14.6. The number of likely N-dealkylation sites (N-methyl/N-ethyl adjacent to an activating group) is 1. The van der Waals surface area contributed by atoms with Gasteiger partial charge in [-0.25, -0.2) is 14.6 Å². The van der Waals surface area contributed by atoms with Gasteiger partial charge in [0.1, 0.15) is 17.9 Å². The molecule has 130 valence electrons. The molecule has 1 aromatic carbocycles. The molecule has 1 aliphatic rings. The van der Waals surface area contributed by atoms with Crippen molar-refractivity contribution < 1.29 is 4.74 Å². The maximum atomic E-state index is 5.45. The maximum absolute atomic E-state index is 5.45. The van der Waals surface area contributed by atoms with Gasteiger partial charge < -0.3 is 14.5 Å². The first kappa shape index (κ1) is 15.8. The van der Waals surface area contributed by atoms with Gasteiger partial charge in [0.25, 0.3) is 0 Å². The van der Waals surface area contributed by atoms with Gasteiger partial charge in [0, 0.05) is 31.7 Å². The number of ether oxygens (including phenoxy) is 1. The molecule has 1 saturated heterocycles. The number of benzene rings is 1. The fourth-order valence-electron chi connectivity index (χ4n) is 3.26. The monoisotopic (exact) mass is 338 g/mol. The number of fused-ring (bicyclic) bond motifs is 1. The van der Waals surface area contributed by atoms with Gasteiger partial charge in [0.05, 0.1) is 25.2 Å². The molecule has 0 unspecified atom stereocenters. The molecule has 3 aromatic rings. The number of anilines is 1. The standard InChI is InChI=1S/C18H22N6O/c1-22-7-9-23(10-8-22)17-15-11-21-24(18(15)20-13-19-17)12-14-5-3-4-6-16(14)25-2/h3-6,11,13H,7-10,12H2,1-2H3. The average Bonchev–Trinajstić information content (AvgIpc) is 3.06. The molecule has 7 nitrogen and oxygen atoms in total. The van der Waals surface area contributed by atoms with E-state index in [1.165, 1.54) is 0 Å². The molecule has 0 amide bonds. The molecule has 0 radical (unpaired) electrons. The highest BCUT2D eigenvalue weighted by Gasteiger charge is 2.19. The van der Waals surface area contributed by atoms with Crippen LogP contribution in [0.2, 0.25) is 0 Å². The highest BCUT2D eigenvalue weighted by molar-refractivity contribution is 5.86. The Morgan fingerprint density at radius 2 is 1.88 bits per heavy atom. The van der Waals surface area contributed by atoms with E-state index < -0.39 is 0 Å². The van der Waals surface area contributed by atoms with Crippen LogP contribution in [-0.4, -0.2) is 65.0 Å². The van der Waals surface area contributed by atoms with E-state index in [-0.39, 0.29) is 0 Å². The van der Waals surface area contributed by atoms with Crippen molar-refractivity contribution in [2.75, 3.05) is 45.2 Å². The lowest BCUT2D eigenvalue weighted by Crippen LogP contribution is -2.44. The molecule has 1 aliphatic heterocycles. The fourth-order valence-corrected chi connectivity index (χ4v) is 3.26. The molecule has 3 heterocycles. The predicted molar refractivity (Wildman–Crippen MR) is 97.1 cm³/mol. The van der Waals surface area contributed by atoms with Gasteiger partial charge in [0.2, 0.25) is 0 Å². The number of para-hydroxylation sites is 1. The Balaban J connectivity index is 1.67. The predicted octanol–water partition coefficient (Wildman–Crippen LogP) is 1.63. The van der Waals surface area contributed by atoms with E-state index in [0.717, 1.165) is 54.3 Å². The molecular weight excluding hydrogens is 316 g/mol. The highest BCUT2D eigenvalue weighted by Crippen LogP contribution is 2.25. The van der Waals surface area contributed by atoms with Crippen molar-refractivity contribution in [3.63, 3.8) is 0 Å². The molecule has 2 aromatic heterocycles. The van der Waals surface area contributed by atoms with Gasteiger partial charge in [-0.05, 0) is 13.1 Å². The normalized spacial score (nSPS) is 15.7. The summed E-state index contributed by atoms with van der Waals surface area (Å²) in [6, 6.07) is 7.99. The van der Waals surface area contributed by atoms with Gasteiger partial charge in [-0.1, -0.05) is 18.2 Å². The second kappa shape index (κ2) is 6.68. The summed E-state index contributed by atoms with van der Waals surface area (Å²) in [6.45, 7) is 4.65. The van der Waals surface area contributed by atoms with Gasteiger partial charge in [-0.2, -0.15) is 5.10 Å². The largest absolute Gasteiger partial charge is 0.496 e. The van der Waals surface area contributed by atoms with Gasteiger partial charge in [-0.3, -0.25) is 0 Å². The number of aromatic nitrogens is 4. The second-order valence-corrected chi connectivity index (χ2v) is 6.34. The number of rotatable bonds is 4. The van der Waals surface area contributed by atoms with Crippen molar-refractivity contribution >= 4 is 16.9 Å². The SMILES string of the molecule is COc1ccccc1Cn1ncc2c(N3CCN(C)CC3)ncnc21. The van der Waals surface area contributed by atoms with E-state index in [2.05, 4.69) is 38.0 Å². The second-order valence-electron chi connectivity index (χ2n) is 6.34. The minimum Gasteiger partial charge on any atom is -0.496 e. The van der Waals surface area contributed by atoms with Gasteiger partial charge >= 0.3 is 0 Å². The van der Waals surface area contributed by atoms with Crippen molar-refractivity contribution in [3.05, 3.63) is 42.4 Å². The number of hydrogen-bond acceptors (Lipinski definition) is 6. The van der Waals surface area contributed by atoms with Gasteiger partial charge in [0.15, 0.2) is 5.65 Å². The summed E-state index contributed by atoms with van der Waals surface area (Å²) in [5.41, 5.74) is 1.93. The lowest BCUT2D eigenvalue weighted by Gasteiger charge is -2.33. The summed E-state index contributed by atoms with van der Waals surface area (Å²) in [7, 11) is 3.84. The molecular formula is C18H22N6O. The lowest BCUT2D eigenvalue weighted by atomic mass is 10.2. The van der Waals surface area contributed by atoms with Crippen LogP contribution < -0.4 is 9.64 Å². The highest BCUT2D eigenvalue weighted by atomic mass is 16.5. The molecule has 1 fully saturated rings. The molecule has 7 heteroatoms. The van der Waals surface area contributed by atoms with Crippen LogP contribution in [0.25, 0.3) is 11.0 Å². The first-order valence-corrected chi connectivity index (χ1v) is 8.48. The number of methoxy groups -OCH3 is 1. The van der Waals surface area contributed by atoms with E-state index >= 15 is 0 Å². The Bertz CT molecular complexity index is 869. The van der Waals surface area contributed by atoms with Crippen molar-refractivity contribution in [1.82, 2.24) is 24.6 Å². The topological polar surface area (TPSA) is 59.3 Å². The van der Waals surface area contributed by atoms with Gasteiger partial charge in [-0.15, -0.1) is 0 Å². The Kier molecular flexibility index (Phi) is 4.23. The number of nitrogens with zero attached hydrogens (tertiary/aromatic N) is 6. The molecule has 0 spiro atoms. The maximum Gasteiger partial charge on any atom is 0.163 e. The van der Waals surface area contributed by atoms with E-state index in [1.54, 1.807) is 13.4 Å². The average molecular weight is 338 g/mol. The molecule has 0 aliphatic carbocycles. The molecule has 0 atom stereocenters. The van der Waals surface area contributed by atoms with Crippen LogP contribution in [0.5, 0.6) is 5.75 Å². The summed E-state index contributed by atoms with van der Waals surface area (Å²) in [5.74, 6) is 1.84. The Morgan fingerprint density at radius 1 is 1.08 bits per heavy atom. The summed E-state index contributed by atoms with van der Waals surface area (Å²) < 4.78 is 7.36. The van der Waals surface area contributed by atoms with Crippen LogP contribution in [0, 0.1) is 0 Å². The molecule has 0 saturated carbocycles. The summed E-state index contributed by atoms with van der Waals surface area (Å²) in [6.07, 6.45) is 3.51. The zero-order valence-electron chi connectivity index (χ0n) is 14.6. The van der Waals surface area contributed by atoms with Crippen molar-refractivity contribution in [2.45, 2.75) is 6.54 Å². The third-order valence-corrected chi connectivity index (χ3v) is 4.73. The smallest absolute Gasteiger partial charge is 0.163 e. The molecule has 0 bridgehead atoms. The van der Waals surface area contributed by atoms with Crippen molar-refractivity contribution in [1.29, 1.82) is 0 Å².